The van der Waals surface area contributed by atoms with Crippen LogP contribution in [0.3, 0.4) is 0 Å². The highest BCUT2D eigenvalue weighted by Crippen LogP contribution is 2.38. The van der Waals surface area contributed by atoms with Crippen LogP contribution in [0.15, 0.2) is 63.8 Å². The Kier molecular flexibility index (Phi) is 11.8. The molecule has 2 fully saturated rings. The Balaban J connectivity index is 1.34. The minimum atomic E-state index is -1.82. The Morgan fingerprint density at radius 3 is 2.10 bits per heavy atom. The van der Waals surface area contributed by atoms with Crippen LogP contribution in [0.5, 0.6) is 5.75 Å². The molecule has 2 saturated heterocycles. The number of hydrogen-bond donors (Lipinski definition) is 8. The number of hydrogen-bond acceptors (Lipinski definition) is 16. The SMILES string of the molecule is CON(OC1O[C@H](CO)[C@@H](OC2O[C@H](CO)[C@@H](O)[C@H](O)[C@H]2O)[C@H](O)[C@H]1O)C(C)CC(c1ccccc1)c1c(O)c2ccccc2oc1=O. The summed E-state index contributed by atoms with van der Waals surface area (Å²) in [5.41, 5.74) is 0.180. The van der Waals surface area contributed by atoms with Crippen LogP contribution in [0.2, 0.25) is 0 Å². The Morgan fingerprint density at radius 1 is 0.812 bits per heavy atom. The van der Waals surface area contributed by atoms with E-state index in [2.05, 4.69) is 0 Å². The molecule has 0 aliphatic carbocycles. The van der Waals surface area contributed by atoms with Crippen molar-refractivity contribution in [1.82, 2.24) is 5.23 Å². The summed E-state index contributed by atoms with van der Waals surface area (Å²) in [4.78, 5) is 24.5. The van der Waals surface area contributed by atoms with Crippen molar-refractivity contribution in [2.24, 2.45) is 0 Å². The molecular weight excluding hydrogens is 638 g/mol. The molecule has 3 heterocycles. The quantitative estimate of drug-likeness (QED) is 0.0831. The molecule has 0 spiro atoms. The van der Waals surface area contributed by atoms with Crippen molar-refractivity contribution in [2.75, 3.05) is 20.3 Å². The van der Waals surface area contributed by atoms with Gasteiger partial charge in [-0.2, -0.15) is 0 Å². The van der Waals surface area contributed by atoms with Crippen LogP contribution in [0.25, 0.3) is 11.0 Å². The van der Waals surface area contributed by atoms with Gasteiger partial charge < -0.3 is 59.5 Å². The number of aliphatic hydroxyl groups excluding tert-OH is 7. The molecule has 4 unspecified atom stereocenters. The predicted molar refractivity (Wildman–Crippen MR) is 163 cm³/mol. The van der Waals surface area contributed by atoms with E-state index in [0.29, 0.717) is 10.9 Å². The summed E-state index contributed by atoms with van der Waals surface area (Å²) in [7, 11) is 1.27. The third-order valence-corrected chi connectivity index (χ3v) is 8.66. The van der Waals surface area contributed by atoms with Gasteiger partial charge in [-0.15, -0.1) is 0 Å². The number of nitrogens with zero attached hydrogens (tertiary/aromatic N) is 1. The zero-order chi connectivity index (χ0) is 34.7. The van der Waals surface area contributed by atoms with E-state index in [9.17, 15) is 45.6 Å². The molecule has 1 aromatic heterocycles. The molecule has 3 aromatic rings. The van der Waals surface area contributed by atoms with Gasteiger partial charge >= 0.3 is 5.63 Å². The molecule has 48 heavy (non-hydrogen) atoms. The van der Waals surface area contributed by atoms with E-state index in [1.165, 1.54) is 7.11 Å². The smallest absolute Gasteiger partial charge is 0.343 e. The van der Waals surface area contributed by atoms with Gasteiger partial charge in [-0.25, -0.2) is 9.63 Å². The minimum Gasteiger partial charge on any atom is -0.507 e. The summed E-state index contributed by atoms with van der Waals surface area (Å²) in [6.45, 7) is 0.193. The summed E-state index contributed by atoms with van der Waals surface area (Å²) < 4.78 is 22.2. The summed E-state index contributed by atoms with van der Waals surface area (Å²) in [5, 5.41) is 84.6. The van der Waals surface area contributed by atoms with Crippen molar-refractivity contribution < 1.29 is 69.2 Å². The Bertz CT molecular complexity index is 1540. The van der Waals surface area contributed by atoms with Crippen molar-refractivity contribution in [3.63, 3.8) is 0 Å². The van der Waals surface area contributed by atoms with Crippen molar-refractivity contribution in [3.05, 3.63) is 76.1 Å². The zero-order valence-corrected chi connectivity index (χ0v) is 26.1. The largest absolute Gasteiger partial charge is 0.507 e. The number of rotatable bonds is 12. The molecule has 8 N–H and O–H groups in total. The monoisotopic (exact) mass is 679 g/mol. The third-order valence-electron chi connectivity index (χ3n) is 8.66. The van der Waals surface area contributed by atoms with Gasteiger partial charge in [0.05, 0.1) is 37.3 Å². The van der Waals surface area contributed by atoms with Crippen LogP contribution in [0.1, 0.15) is 30.4 Å². The van der Waals surface area contributed by atoms with Crippen molar-refractivity contribution in [3.8, 4) is 5.75 Å². The van der Waals surface area contributed by atoms with E-state index >= 15 is 0 Å². The number of aliphatic hydroxyl groups is 7. The first-order valence-electron chi connectivity index (χ1n) is 15.4. The van der Waals surface area contributed by atoms with Crippen LogP contribution in [-0.2, 0) is 23.9 Å². The van der Waals surface area contributed by atoms with Crippen molar-refractivity contribution in [1.29, 1.82) is 0 Å². The predicted octanol–water partition coefficient (Wildman–Crippen LogP) is -1.17. The highest BCUT2D eigenvalue weighted by atomic mass is 17.0. The number of aromatic hydroxyl groups is 1. The zero-order valence-electron chi connectivity index (χ0n) is 26.1. The van der Waals surface area contributed by atoms with Crippen LogP contribution in [0.4, 0.5) is 0 Å². The first-order chi connectivity index (χ1) is 23.0. The van der Waals surface area contributed by atoms with Gasteiger partial charge in [0, 0.05) is 5.92 Å². The molecule has 16 nitrogen and oxygen atoms in total. The van der Waals surface area contributed by atoms with Gasteiger partial charge in [0.25, 0.3) is 0 Å². The maximum atomic E-state index is 13.2. The molecule has 0 saturated carbocycles. The molecule has 5 rings (SSSR count). The van der Waals surface area contributed by atoms with Gasteiger partial charge in [0.2, 0.25) is 6.29 Å². The van der Waals surface area contributed by atoms with Gasteiger partial charge in [-0.1, -0.05) is 47.7 Å². The van der Waals surface area contributed by atoms with Crippen LogP contribution < -0.4 is 5.63 Å². The topological polar surface area (TPSA) is 241 Å². The lowest BCUT2D eigenvalue weighted by atomic mass is 9.86. The number of para-hydroxylation sites is 1. The van der Waals surface area contributed by atoms with Crippen molar-refractivity contribution >= 4 is 11.0 Å². The molecule has 0 amide bonds. The van der Waals surface area contributed by atoms with Gasteiger partial charge in [-0.05, 0) is 31.0 Å². The number of ether oxygens (including phenoxy) is 3. The van der Waals surface area contributed by atoms with E-state index in [1.54, 1.807) is 61.5 Å². The fourth-order valence-electron chi connectivity index (χ4n) is 6.06. The average Bonchev–Trinajstić information content (AvgIpc) is 3.09. The molecule has 0 radical (unpaired) electrons. The second kappa shape index (κ2) is 15.6. The van der Waals surface area contributed by atoms with E-state index in [-0.39, 0.29) is 23.3 Å². The Morgan fingerprint density at radius 2 is 1.44 bits per heavy atom. The molecular formula is C32H41NO15. The summed E-state index contributed by atoms with van der Waals surface area (Å²) in [6.07, 6.45) is -16.3. The summed E-state index contributed by atoms with van der Waals surface area (Å²) >= 11 is 0. The van der Waals surface area contributed by atoms with Crippen LogP contribution in [0, 0.1) is 0 Å². The molecule has 2 aromatic carbocycles. The number of fused-ring (bicyclic) bond motifs is 1. The van der Waals surface area contributed by atoms with Crippen LogP contribution in [-0.4, -0.2) is 134 Å². The Hall–Kier alpha value is -3.07. The fourth-order valence-corrected chi connectivity index (χ4v) is 6.06. The number of benzene rings is 2. The van der Waals surface area contributed by atoms with Gasteiger partial charge in [-0.3, -0.25) is 4.84 Å². The number of hydroxylamine groups is 2. The molecule has 12 atom stereocenters. The summed E-state index contributed by atoms with van der Waals surface area (Å²) in [5.74, 6) is -0.967. The highest BCUT2D eigenvalue weighted by Gasteiger charge is 2.51. The lowest BCUT2D eigenvalue weighted by molar-refractivity contribution is -0.458. The van der Waals surface area contributed by atoms with E-state index in [0.717, 1.165) is 5.23 Å². The first-order valence-corrected chi connectivity index (χ1v) is 15.4. The first kappa shape index (κ1) is 36.2. The second-order valence-corrected chi connectivity index (χ2v) is 11.8. The lowest BCUT2D eigenvalue weighted by Crippen LogP contribution is -2.65. The normalized spacial score (nSPS) is 32.4. The molecule has 264 valence electrons. The van der Waals surface area contributed by atoms with E-state index in [1.807, 2.05) is 0 Å². The fraction of sp³-hybridized carbons (Fsp3) is 0.531. The van der Waals surface area contributed by atoms with E-state index < -0.39 is 92.2 Å². The molecule has 0 bridgehead atoms. The third kappa shape index (κ3) is 7.26. The second-order valence-electron chi connectivity index (χ2n) is 11.8. The van der Waals surface area contributed by atoms with Gasteiger partial charge in [0.15, 0.2) is 6.29 Å². The molecule has 2 aliphatic heterocycles. The van der Waals surface area contributed by atoms with Crippen LogP contribution >= 0.6 is 0 Å². The minimum absolute atomic E-state index is 0.0145. The lowest BCUT2D eigenvalue weighted by Gasteiger charge is -2.46. The van der Waals surface area contributed by atoms with Crippen molar-refractivity contribution in [2.45, 2.75) is 86.7 Å². The molecule has 16 heteroatoms. The standard InChI is InChI=1S/C32H41NO15/c1-15(12-18(16-8-4-3-5-9-16)22-23(36)17-10-6-7-11-19(17)44-30(22)42)33(43-2)48-32-28(41)26(39)29(21(14-35)46-32)47-31-27(40)25(38)24(37)20(13-34)45-31/h3-11,15,18,20-21,24-29,31-32,34-41H,12-14H2,1-2H3/t15?,18?,20-,21-,24-,25+,26-,27-,28-,29-,31?,32?/m1/s1. The highest BCUT2D eigenvalue weighted by molar-refractivity contribution is 5.84. The maximum Gasteiger partial charge on any atom is 0.343 e. The van der Waals surface area contributed by atoms with Gasteiger partial charge in [0.1, 0.15) is 60.2 Å². The molecule has 2 aliphatic rings. The van der Waals surface area contributed by atoms with E-state index in [4.69, 9.17) is 28.3 Å². The summed E-state index contributed by atoms with van der Waals surface area (Å²) in [6, 6.07) is 14.8. The average molecular weight is 680 g/mol. The maximum absolute atomic E-state index is 13.2. The Labute approximate surface area is 274 Å².